The number of hydrogen-bond acceptors (Lipinski definition) is 6. The SMILES string of the molecule is CC(C)(C)OC(=O)N1CCOC(Cc2cccc(Cl)c2C2(O)CC=NO2)C1. The van der Waals surface area contributed by atoms with Crippen molar-refractivity contribution < 1.29 is 24.2 Å². The molecule has 0 aromatic heterocycles. The van der Waals surface area contributed by atoms with E-state index < -0.39 is 11.4 Å². The predicted octanol–water partition coefficient (Wildman–Crippen LogP) is 3.07. The van der Waals surface area contributed by atoms with E-state index in [4.69, 9.17) is 25.9 Å². The first kappa shape index (κ1) is 19.9. The van der Waals surface area contributed by atoms with E-state index in [1.54, 1.807) is 11.0 Å². The van der Waals surface area contributed by atoms with Crippen LogP contribution in [-0.2, 0) is 26.5 Å². The van der Waals surface area contributed by atoms with Crippen molar-refractivity contribution in [2.45, 2.75) is 51.1 Å². The number of benzene rings is 1. The molecule has 0 radical (unpaired) electrons. The molecule has 1 amide bonds. The first-order valence-electron chi connectivity index (χ1n) is 8.98. The van der Waals surface area contributed by atoms with Crippen LogP contribution in [0, 0.1) is 0 Å². The molecule has 2 aliphatic rings. The summed E-state index contributed by atoms with van der Waals surface area (Å²) >= 11 is 6.35. The zero-order chi connectivity index (χ0) is 19.7. The molecule has 0 bridgehead atoms. The Kier molecular flexibility index (Phi) is 5.65. The summed E-state index contributed by atoms with van der Waals surface area (Å²) < 4.78 is 11.3. The molecule has 2 atom stereocenters. The molecule has 148 valence electrons. The molecule has 0 spiro atoms. The summed E-state index contributed by atoms with van der Waals surface area (Å²) in [5.41, 5.74) is 0.738. The van der Waals surface area contributed by atoms with E-state index >= 15 is 0 Å². The van der Waals surface area contributed by atoms with Gasteiger partial charge in [0.2, 0.25) is 0 Å². The molecule has 1 aromatic carbocycles. The van der Waals surface area contributed by atoms with Crippen LogP contribution in [0.1, 0.15) is 38.3 Å². The standard InChI is InChI=1S/C19H25ClN2O5/c1-18(2,3)26-17(23)22-9-10-25-14(12-22)11-13-5-4-6-15(20)16(13)19(24)7-8-21-27-19/h4-6,8,14,24H,7,9-12H2,1-3H3. The number of oxime groups is 1. The topological polar surface area (TPSA) is 80.6 Å². The second-order valence-electron chi connectivity index (χ2n) is 7.77. The van der Waals surface area contributed by atoms with Gasteiger partial charge < -0.3 is 24.3 Å². The summed E-state index contributed by atoms with van der Waals surface area (Å²) in [5, 5.41) is 14.8. The van der Waals surface area contributed by atoms with Crippen LogP contribution in [0.3, 0.4) is 0 Å². The van der Waals surface area contributed by atoms with Gasteiger partial charge in [0.05, 0.1) is 36.9 Å². The fourth-order valence-electron chi connectivity index (χ4n) is 3.23. The number of rotatable bonds is 3. The number of morpholine rings is 1. The minimum absolute atomic E-state index is 0.222. The molecular weight excluding hydrogens is 372 g/mol. The van der Waals surface area contributed by atoms with Crippen LogP contribution in [-0.4, -0.2) is 53.7 Å². The van der Waals surface area contributed by atoms with Crippen molar-refractivity contribution in [2.24, 2.45) is 5.16 Å². The number of aliphatic hydroxyl groups is 1. The highest BCUT2D eigenvalue weighted by atomic mass is 35.5. The highest BCUT2D eigenvalue weighted by molar-refractivity contribution is 6.31. The van der Waals surface area contributed by atoms with Gasteiger partial charge in [-0.1, -0.05) is 28.9 Å². The van der Waals surface area contributed by atoms with Crippen molar-refractivity contribution in [1.29, 1.82) is 0 Å². The maximum Gasteiger partial charge on any atom is 0.410 e. The maximum absolute atomic E-state index is 12.3. The molecule has 1 aromatic rings. The smallest absolute Gasteiger partial charge is 0.410 e. The highest BCUT2D eigenvalue weighted by Gasteiger charge is 2.39. The van der Waals surface area contributed by atoms with Gasteiger partial charge in [0, 0.05) is 18.5 Å². The zero-order valence-corrected chi connectivity index (χ0v) is 16.5. The van der Waals surface area contributed by atoms with Crippen LogP contribution in [0.2, 0.25) is 5.02 Å². The van der Waals surface area contributed by atoms with Crippen LogP contribution in [0.5, 0.6) is 0 Å². The number of amides is 1. The number of carbonyl (C=O) groups is 1. The summed E-state index contributed by atoms with van der Waals surface area (Å²) in [7, 11) is 0. The Hall–Kier alpha value is -1.83. The van der Waals surface area contributed by atoms with Crippen LogP contribution in [0.25, 0.3) is 0 Å². The molecule has 2 aliphatic heterocycles. The van der Waals surface area contributed by atoms with Gasteiger partial charge >= 0.3 is 6.09 Å². The van der Waals surface area contributed by atoms with E-state index in [2.05, 4.69) is 5.16 Å². The Morgan fingerprint density at radius 3 is 2.93 bits per heavy atom. The van der Waals surface area contributed by atoms with Crippen molar-refractivity contribution in [3.63, 3.8) is 0 Å². The Morgan fingerprint density at radius 1 is 1.48 bits per heavy atom. The fourth-order valence-corrected chi connectivity index (χ4v) is 3.57. The molecule has 2 unspecified atom stereocenters. The molecule has 1 saturated heterocycles. The lowest BCUT2D eigenvalue weighted by atomic mass is 9.93. The maximum atomic E-state index is 12.3. The largest absolute Gasteiger partial charge is 0.444 e. The van der Waals surface area contributed by atoms with Crippen LogP contribution in [0.4, 0.5) is 4.79 Å². The lowest BCUT2D eigenvalue weighted by Gasteiger charge is -2.35. The first-order chi connectivity index (χ1) is 12.7. The Morgan fingerprint density at radius 2 is 2.26 bits per heavy atom. The summed E-state index contributed by atoms with van der Waals surface area (Å²) in [6, 6.07) is 5.39. The van der Waals surface area contributed by atoms with E-state index in [0.29, 0.717) is 36.7 Å². The predicted molar refractivity (Wildman–Crippen MR) is 101 cm³/mol. The van der Waals surface area contributed by atoms with Gasteiger partial charge in [0.1, 0.15) is 5.60 Å². The molecule has 1 N–H and O–H groups in total. The quantitative estimate of drug-likeness (QED) is 0.849. The number of carbonyl (C=O) groups excluding carboxylic acids is 1. The third kappa shape index (κ3) is 4.72. The van der Waals surface area contributed by atoms with E-state index in [0.717, 1.165) is 5.56 Å². The van der Waals surface area contributed by atoms with Gasteiger partial charge in [-0.15, -0.1) is 0 Å². The van der Waals surface area contributed by atoms with Crippen molar-refractivity contribution in [3.8, 4) is 0 Å². The Balaban J connectivity index is 1.74. The van der Waals surface area contributed by atoms with Gasteiger partial charge in [-0.2, -0.15) is 0 Å². The molecule has 7 nitrogen and oxygen atoms in total. The number of hydrogen-bond donors (Lipinski definition) is 1. The molecule has 27 heavy (non-hydrogen) atoms. The van der Waals surface area contributed by atoms with Crippen LogP contribution >= 0.6 is 11.6 Å². The Labute approximate surface area is 163 Å². The number of halogens is 1. The summed E-state index contributed by atoms with van der Waals surface area (Å²) in [4.78, 5) is 19.2. The van der Waals surface area contributed by atoms with Gasteiger partial charge in [0.25, 0.3) is 5.79 Å². The molecule has 3 rings (SSSR count). The zero-order valence-electron chi connectivity index (χ0n) is 15.8. The number of ether oxygens (including phenoxy) is 2. The molecule has 0 aliphatic carbocycles. The van der Waals surface area contributed by atoms with Gasteiger partial charge in [-0.25, -0.2) is 4.79 Å². The van der Waals surface area contributed by atoms with Gasteiger partial charge in [0.15, 0.2) is 0 Å². The van der Waals surface area contributed by atoms with Crippen molar-refractivity contribution in [2.75, 3.05) is 19.7 Å². The molecule has 0 saturated carbocycles. The van der Waals surface area contributed by atoms with Crippen LogP contribution in [0.15, 0.2) is 23.4 Å². The highest BCUT2D eigenvalue weighted by Crippen LogP contribution is 2.37. The molecule has 2 heterocycles. The lowest BCUT2D eigenvalue weighted by molar-refractivity contribution is -0.194. The van der Waals surface area contributed by atoms with E-state index in [9.17, 15) is 9.90 Å². The Bertz CT molecular complexity index is 723. The van der Waals surface area contributed by atoms with Crippen molar-refractivity contribution in [1.82, 2.24) is 4.90 Å². The molecule has 8 heteroatoms. The monoisotopic (exact) mass is 396 g/mol. The summed E-state index contributed by atoms with van der Waals surface area (Å²) in [5.74, 6) is -1.58. The minimum Gasteiger partial charge on any atom is -0.444 e. The van der Waals surface area contributed by atoms with Crippen molar-refractivity contribution in [3.05, 3.63) is 34.3 Å². The average molecular weight is 397 g/mol. The normalized spacial score (nSPS) is 25.4. The van der Waals surface area contributed by atoms with Gasteiger partial charge in [-0.05, 0) is 32.4 Å². The third-order valence-corrected chi connectivity index (χ3v) is 4.69. The minimum atomic E-state index is -1.58. The van der Waals surface area contributed by atoms with Gasteiger partial charge in [-0.3, -0.25) is 0 Å². The third-order valence-electron chi connectivity index (χ3n) is 4.37. The van der Waals surface area contributed by atoms with E-state index in [1.165, 1.54) is 6.21 Å². The van der Waals surface area contributed by atoms with Crippen LogP contribution < -0.4 is 0 Å². The number of nitrogens with zero attached hydrogens (tertiary/aromatic N) is 2. The molecule has 1 fully saturated rings. The fraction of sp³-hybridized carbons (Fsp3) is 0.579. The first-order valence-corrected chi connectivity index (χ1v) is 9.35. The van der Waals surface area contributed by atoms with E-state index in [1.807, 2.05) is 32.9 Å². The second kappa shape index (κ2) is 7.66. The van der Waals surface area contributed by atoms with Crippen molar-refractivity contribution >= 4 is 23.9 Å². The second-order valence-corrected chi connectivity index (χ2v) is 8.17. The molecular formula is C19H25ClN2O5. The lowest BCUT2D eigenvalue weighted by Crippen LogP contribution is -2.48. The summed E-state index contributed by atoms with van der Waals surface area (Å²) in [6.45, 7) is 6.82. The average Bonchev–Trinajstić information content (AvgIpc) is 3.01. The summed E-state index contributed by atoms with van der Waals surface area (Å²) in [6.07, 6.45) is 1.61. The van der Waals surface area contributed by atoms with E-state index in [-0.39, 0.29) is 18.6 Å².